The summed E-state index contributed by atoms with van der Waals surface area (Å²) in [5.41, 5.74) is 0.951. The molecule has 1 aliphatic heterocycles. The van der Waals surface area contributed by atoms with Crippen molar-refractivity contribution >= 4 is 21.7 Å². The summed E-state index contributed by atoms with van der Waals surface area (Å²) in [6, 6.07) is 16.1. The van der Waals surface area contributed by atoms with Crippen molar-refractivity contribution in [2.75, 3.05) is 26.2 Å². The number of ketones is 1. The molecule has 1 saturated heterocycles. The molecule has 0 spiro atoms. The Morgan fingerprint density at radius 1 is 0.871 bits per heavy atom. The molecule has 2 aromatic carbocycles. The third-order valence-electron chi connectivity index (χ3n) is 6.60. The fourth-order valence-corrected chi connectivity index (χ4v) is 6.29. The molecule has 0 unspecified atom stereocenters. The van der Waals surface area contributed by atoms with Gasteiger partial charge < -0.3 is 4.90 Å². The summed E-state index contributed by atoms with van der Waals surface area (Å²) in [6.45, 7) is 2.67. The first-order valence-electron chi connectivity index (χ1n) is 10.8. The molecular formula is C24H28N2O4S. The normalized spacial score (nSPS) is 19.3. The maximum Gasteiger partial charge on any atom is 0.243 e. The molecule has 7 heteroatoms. The molecule has 31 heavy (non-hydrogen) atoms. The van der Waals surface area contributed by atoms with Crippen molar-refractivity contribution in [3.63, 3.8) is 0 Å². The SMILES string of the molecule is CC(=O)c1cccc(S(=O)(=O)N2CCN(C(=O)C3(c4ccccc4)CCCC3)CC2)c1. The number of amides is 1. The van der Waals surface area contributed by atoms with Crippen LogP contribution in [0.25, 0.3) is 0 Å². The van der Waals surface area contributed by atoms with Crippen molar-refractivity contribution < 1.29 is 18.0 Å². The van der Waals surface area contributed by atoms with Crippen LogP contribution in [-0.2, 0) is 20.2 Å². The zero-order valence-corrected chi connectivity index (χ0v) is 18.6. The number of carbonyl (C=O) groups excluding carboxylic acids is 2. The van der Waals surface area contributed by atoms with Gasteiger partial charge in [0.05, 0.1) is 10.3 Å². The average Bonchev–Trinajstić information content (AvgIpc) is 3.30. The van der Waals surface area contributed by atoms with E-state index in [1.54, 1.807) is 12.1 Å². The van der Waals surface area contributed by atoms with Crippen LogP contribution in [-0.4, -0.2) is 55.5 Å². The van der Waals surface area contributed by atoms with Crippen LogP contribution in [0.5, 0.6) is 0 Å². The predicted molar refractivity (Wildman–Crippen MR) is 118 cm³/mol. The van der Waals surface area contributed by atoms with Crippen molar-refractivity contribution in [1.82, 2.24) is 9.21 Å². The summed E-state index contributed by atoms with van der Waals surface area (Å²) in [5.74, 6) is -0.0536. The van der Waals surface area contributed by atoms with Gasteiger partial charge in [-0.1, -0.05) is 55.3 Å². The first-order chi connectivity index (χ1) is 14.8. The van der Waals surface area contributed by atoms with Gasteiger partial charge in [-0.2, -0.15) is 4.31 Å². The lowest BCUT2D eigenvalue weighted by molar-refractivity contribution is -0.138. The van der Waals surface area contributed by atoms with Gasteiger partial charge in [-0.3, -0.25) is 9.59 Å². The van der Waals surface area contributed by atoms with E-state index in [1.165, 1.54) is 23.4 Å². The summed E-state index contributed by atoms with van der Waals surface area (Å²) in [4.78, 5) is 27.2. The summed E-state index contributed by atoms with van der Waals surface area (Å²) >= 11 is 0. The minimum absolute atomic E-state index is 0.117. The Hall–Kier alpha value is -2.51. The minimum atomic E-state index is -3.71. The highest BCUT2D eigenvalue weighted by atomic mass is 32.2. The molecule has 1 heterocycles. The molecule has 0 N–H and O–H groups in total. The number of carbonyl (C=O) groups is 2. The fourth-order valence-electron chi connectivity index (χ4n) is 4.82. The molecular weight excluding hydrogens is 412 g/mol. The Balaban J connectivity index is 1.50. The van der Waals surface area contributed by atoms with E-state index in [9.17, 15) is 18.0 Å². The van der Waals surface area contributed by atoms with Crippen LogP contribution < -0.4 is 0 Å². The highest BCUT2D eigenvalue weighted by molar-refractivity contribution is 7.89. The van der Waals surface area contributed by atoms with Crippen molar-refractivity contribution in [3.05, 3.63) is 65.7 Å². The zero-order valence-electron chi connectivity index (χ0n) is 17.8. The summed E-state index contributed by atoms with van der Waals surface area (Å²) in [6.07, 6.45) is 3.74. The second kappa shape index (κ2) is 8.55. The van der Waals surface area contributed by atoms with E-state index in [4.69, 9.17) is 0 Å². The number of hydrogen-bond donors (Lipinski definition) is 0. The molecule has 164 valence electrons. The van der Waals surface area contributed by atoms with Crippen LogP contribution in [0.2, 0.25) is 0 Å². The van der Waals surface area contributed by atoms with Gasteiger partial charge in [0, 0.05) is 31.7 Å². The van der Waals surface area contributed by atoms with Gasteiger partial charge in [0.1, 0.15) is 0 Å². The Bertz CT molecular complexity index is 1070. The van der Waals surface area contributed by atoms with Gasteiger partial charge in [0.25, 0.3) is 0 Å². The monoisotopic (exact) mass is 440 g/mol. The lowest BCUT2D eigenvalue weighted by Crippen LogP contribution is -2.55. The first-order valence-corrected chi connectivity index (χ1v) is 12.2. The van der Waals surface area contributed by atoms with Crippen LogP contribution >= 0.6 is 0 Å². The summed E-state index contributed by atoms with van der Waals surface area (Å²) < 4.78 is 27.6. The summed E-state index contributed by atoms with van der Waals surface area (Å²) in [5, 5.41) is 0. The number of nitrogens with zero attached hydrogens (tertiary/aromatic N) is 2. The maximum atomic E-state index is 13.6. The molecule has 0 atom stereocenters. The molecule has 0 bridgehead atoms. The van der Waals surface area contributed by atoms with Gasteiger partial charge in [0.15, 0.2) is 5.78 Å². The van der Waals surface area contributed by atoms with Crippen LogP contribution in [0.15, 0.2) is 59.5 Å². The van der Waals surface area contributed by atoms with Crippen molar-refractivity contribution in [2.45, 2.75) is 42.9 Å². The maximum absolute atomic E-state index is 13.6. The molecule has 0 aromatic heterocycles. The molecule has 6 nitrogen and oxygen atoms in total. The molecule has 2 aliphatic rings. The lowest BCUT2D eigenvalue weighted by Gasteiger charge is -2.39. The number of sulfonamides is 1. The second-order valence-corrected chi connectivity index (χ2v) is 10.4. The zero-order chi connectivity index (χ0) is 22.1. The quantitative estimate of drug-likeness (QED) is 0.669. The smallest absolute Gasteiger partial charge is 0.243 e. The topological polar surface area (TPSA) is 74.8 Å². The molecule has 0 radical (unpaired) electrons. The Kier molecular flexibility index (Phi) is 5.99. The third-order valence-corrected chi connectivity index (χ3v) is 8.49. The van der Waals surface area contributed by atoms with Gasteiger partial charge in [0.2, 0.25) is 15.9 Å². The Morgan fingerprint density at radius 3 is 2.13 bits per heavy atom. The van der Waals surface area contributed by atoms with Crippen molar-refractivity contribution in [1.29, 1.82) is 0 Å². The second-order valence-electron chi connectivity index (χ2n) is 8.44. The van der Waals surface area contributed by atoms with Gasteiger partial charge in [-0.05, 0) is 37.5 Å². The molecule has 4 rings (SSSR count). The van der Waals surface area contributed by atoms with Gasteiger partial charge in [-0.15, -0.1) is 0 Å². The minimum Gasteiger partial charge on any atom is -0.339 e. The van der Waals surface area contributed by atoms with Crippen LogP contribution in [0, 0.1) is 0 Å². The molecule has 1 aliphatic carbocycles. The van der Waals surface area contributed by atoms with E-state index in [2.05, 4.69) is 0 Å². The van der Waals surface area contributed by atoms with Gasteiger partial charge in [-0.25, -0.2) is 8.42 Å². The number of Topliss-reactive ketones (excluding diaryl/α,β-unsaturated/α-hetero) is 1. The predicted octanol–water partition coefficient (Wildman–Crippen LogP) is 3.23. The average molecular weight is 441 g/mol. The molecule has 1 saturated carbocycles. The van der Waals surface area contributed by atoms with Crippen LogP contribution in [0.3, 0.4) is 0 Å². The van der Waals surface area contributed by atoms with Gasteiger partial charge >= 0.3 is 0 Å². The van der Waals surface area contributed by atoms with E-state index in [-0.39, 0.29) is 29.7 Å². The summed E-state index contributed by atoms with van der Waals surface area (Å²) in [7, 11) is -3.71. The molecule has 2 fully saturated rings. The van der Waals surface area contributed by atoms with Crippen LogP contribution in [0.1, 0.15) is 48.5 Å². The number of benzene rings is 2. The van der Waals surface area contributed by atoms with Crippen molar-refractivity contribution in [3.8, 4) is 0 Å². The third kappa shape index (κ3) is 4.04. The number of rotatable bonds is 5. The largest absolute Gasteiger partial charge is 0.339 e. The Labute approximate surface area is 183 Å². The molecule has 1 amide bonds. The van der Waals surface area contributed by atoms with E-state index in [1.807, 2.05) is 35.2 Å². The van der Waals surface area contributed by atoms with E-state index in [0.29, 0.717) is 18.7 Å². The van der Waals surface area contributed by atoms with Crippen molar-refractivity contribution in [2.24, 2.45) is 0 Å². The number of hydrogen-bond acceptors (Lipinski definition) is 4. The first kappa shape index (κ1) is 21.7. The standard InChI is InChI=1S/C24H28N2O4S/c1-19(27)20-8-7-11-22(18-20)31(29,30)26-16-14-25(15-17-26)23(28)24(12-5-6-13-24)21-9-3-2-4-10-21/h2-4,7-11,18H,5-6,12-17H2,1H3. The van der Waals surface area contributed by atoms with Crippen LogP contribution in [0.4, 0.5) is 0 Å². The highest BCUT2D eigenvalue weighted by Gasteiger charge is 2.45. The fraction of sp³-hybridized carbons (Fsp3) is 0.417. The number of piperazine rings is 1. The highest BCUT2D eigenvalue weighted by Crippen LogP contribution is 2.42. The lowest BCUT2D eigenvalue weighted by atomic mass is 9.77. The Morgan fingerprint density at radius 2 is 1.52 bits per heavy atom. The molecule has 2 aromatic rings. The van der Waals surface area contributed by atoms with E-state index in [0.717, 1.165) is 31.2 Å². The van der Waals surface area contributed by atoms with E-state index >= 15 is 0 Å². The van der Waals surface area contributed by atoms with E-state index < -0.39 is 15.4 Å².